The second-order valence-corrected chi connectivity index (χ2v) is 7.06. The lowest BCUT2D eigenvalue weighted by molar-refractivity contribution is 0.102. The number of hydrogen-bond acceptors (Lipinski definition) is 6. The van der Waals surface area contributed by atoms with Crippen LogP contribution in [-0.2, 0) is 0 Å². The molecule has 2 N–H and O–H groups in total. The van der Waals surface area contributed by atoms with E-state index in [1.54, 1.807) is 24.3 Å². The first-order valence-electron chi connectivity index (χ1n) is 8.66. The highest BCUT2D eigenvalue weighted by Gasteiger charge is 2.14. The van der Waals surface area contributed by atoms with Crippen molar-refractivity contribution in [2.24, 2.45) is 0 Å². The van der Waals surface area contributed by atoms with Gasteiger partial charge in [0, 0.05) is 21.0 Å². The molecule has 3 aromatic carbocycles. The minimum absolute atomic E-state index is 0.243. The number of anilines is 1. The van der Waals surface area contributed by atoms with E-state index in [2.05, 4.69) is 32.0 Å². The Kier molecular flexibility index (Phi) is 5.31. The first-order valence-corrected chi connectivity index (χ1v) is 9.47. The molecule has 0 fully saturated rings. The molecule has 0 spiro atoms. The zero-order valence-corrected chi connectivity index (χ0v) is 15.9. The van der Waals surface area contributed by atoms with Gasteiger partial charge in [-0.2, -0.15) is 10.5 Å². The zero-order chi connectivity index (χ0) is 20.1. The molecule has 0 aliphatic rings. The van der Waals surface area contributed by atoms with E-state index in [-0.39, 0.29) is 5.91 Å². The minimum atomic E-state index is -0.243. The number of amides is 1. The SMILES string of the molecule is N#Cc1ccccc1Sc1ccccc1C(=O)Nc1cccc(-c2nn[nH]n2)c1. The number of tetrazole rings is 1. The molecule has 0 aliphatic heterocycles. The topological polar surface area (TPSA) is 107 Å². The summed E-state index contributed by atoms with van der Waals surface area (Å²) in [5.74, 6) is 0.206. The number of carbonyl (C=O) groups is 1. The Morgan fingerprint density at radius 2 is 1.79 bits per heavy atom. The van der Waals surface area contributed by atoms with Gasteiger partial charge < -0.3 is 5.32 Å². The van der Waals surface area contributed by atoms with Crippen LogP contribution >= 0.6 is 11.8 Å². The van der Waals surface area contributed by atoms with Crippen LogP contribution in [0.25, 0.3) is 11.4 Å². The molecule has 29 heavy (non-hydrogen) atoms. The molecule has 4 aromatic rings. The van der Waals surface area contributed by atoms with Gasteiger partial charge in [-0.1, -0.05) is 48.2 Å². The molecule has 7 nitrogen and oxygen atoms in total. The molecule has 0 saturated heterocycles. The van der Waals surface area contributed by atoms with Crippen molar-refractivity contribution in [3.63, 3.8) is 0 Å². The average Bonchev–Trinajstić information content (AvgIpc) is 3.30. The average molecular weight is 398 g/mol. The van der Waals surface area contributed by atoms with Gasteiger partial charge in [0.05, 0.1) is 11.1 Å². The lowest BCUT2D eigenvalue weighted by Gasteiger charge is -2.11. The number of nitriles is 1. The van der Waals surface area contributed by atoms with E-state index < -0.39 is 0 Å². The molecule has 0 atom stereocenters. The Hall–Kier alpha value is -3.96. The molecule has 140 valence electrons. The smallest absolute Gasteiger partial charge is 0.256 e. The second-order valence-electron chi connectivity index (χ2n) is 5.98. The fourth-order valence-electron chi connectivity index (χ4n) is 2.73. The summed E-state index contributed by atoms with van der Waals surface area (Å²) in [5.41, 5.74) is 2.45. The molecule has 0 bridgehead atoms. The van der Waals surface area contributed by atoms with Crippen LogP contribution in [0.2, 0.25) is 0 Å². The molecule has 0 aliphatic carbocycles. The number of aromatic nitrogens is 4. The third-order valence-corrected chi connectivity index (χ3v) is 5.23. The van der Waals surface area contributed by atoms with E-state index in [1.807, 2.05) is 48.5 Å². The summed E-state index contributed by atoms with van der Waals surface area (Å²) < 4.78 is 0. The number of carbonyl (C=O) groups excluding carboxylic acids is 1. The van der Waals surface area contributed by atoms with E-state index in [0.717, 1.165) is 15.4 Å². The van der Waals surface area contributed by atoms with Gasteiger partial charge in [-0.25, -0.2) is 0 Å². The number of nitrogens with one attached hydrogen (secondary N) is 2. The van der Waals surface area contributed by atoms with Crippen molar-refractivity contribution in [2.75, 3.05) is 5.32 Å². The highest BCUT2D eigenvalue weighted by Crippen LogP contribution is 2.33. The second kappa shape index (κ2) is 8.37. The normalized spacial score (nSPS) is 10.3. The summed E-state index contributed by atoms with van der Waals surface area (Å²) in [6.07, 6.45) is 0. The van der Waals surface area contributed by atoms with Crippen LogP contribution in [0.5, 0.6) is 0 Å². The van der Waals surface area contributed by atoms with Gasteiger partial charge in [0.1, 0.15) is 6.07 Å². The van der Waals surface area contributed by atoms with E-state index in [4.69, 9.17) is 0 Å². The van der Waals surface area contributed by atoms with Crippen LogP contribution in [-0.4, -0.2) is 26.5 Å². The summed E-state index contributed by atoms with van der Waals surface area (Å²) >= 11 is 1.39. The molecule has 8 heteroatoms. The molecule has 1 heterocycles. The van der Waals surface area contributed by atoms with Crippen LogP contribution in [0.15, 0.2) is 82.6 Å². The Morgan fingerprint density at radius 3 is 2.59 bits per heavy atom. The van der Waals surface area contributed by atoms with Crippen molar-refractivity contribution in [2.45, 2.75) is 9.79 Å². The van der Waals surface area contributed by atoms with Crippen molar-refractivity contribution in [1.82, 2.24) is 20.6 Å². The van der Waals surface area contributed by atoms with Crippen molar-refractivity contribution >= 4 is 23.4 Å². The van der Waals surface area contributed by atoms with Crippen molar-refractivity contribution < 1.29 is 4.79 Å². The zero-order valence-electron chi connectivity index (χ0n) is 15.0. The number of benzene rings is 3. The maximum atomic E-state index is 12.9. The minimum Gasteiger partial charge on any atom is -0.322 e. The number of rotatable bonds is 5. The first-order chi connectivity index (χ1) is 14.2. The first kappa shape index (κ1) is 18.4. The Morgan fingerprint density at radius 1 is 1.00 bits per heavy atom. The Balaban J connectivity index is 1.59. The summed E-state index contributed by atoms with van der Waals surface area (Å²) in [6.45, 7) is 0. The van der Waals surface area contributed by atoms with Gasteiger partial charge >= 0.3 is 0 Å². The highest BCUT2D eigenvalue weighted by atomic mass is 32.2. The molecule has 0 saturated carbocycles. The quantitative estimate of drug-likeness (QED) is 0.523. The molecule has 1 amide bonds. The maximum Gasteiger partial charge on any atom is 0.256 e. The van der Waals surface area contributed by atoms with Crippen LogP contribution in [0.3, 0.4) is 0 Å². The van der Waals surface area contributed by atoms with Gasteiger partial charge in [0.15, 0.2) is 0 Å². The molecule has 4 rings (SSSR count). The standard InChI is InChI=1S/C21H14N6OS/c22-13-15-6-1-3-10-18(15)29-19-11-4-2-9-17(19)21(28)23-16-8-5-7-14(12-16)20-24-26-27-25-20/h1-12H,(H,23,28)(H,24,25,26,27). The number of H-pyrrole nitrogens is 1. The van der Waals surface area contributed by atoms with Crippen molar-refractivity contribution in [1.29, 1.82) is 5.26 Å². The van der Waals surface area contributed by atoms with Gasteiger partial charge in [-0.15, -0.1) is 10.2 Å². The molecule has 0 unspecified atom stereocenters. The van der Waals surface area contributed by atoms with Crippen LogP contribution in [0, 0.1) is 11.3 Å². The van der Waals surface area contributed by atoms with Crippen LogP contribution < -0.4 is 5.32 Å². The van der Waals surface area contributed by atoms with Crippen molar-refractivity contribution in [3.8, 4) is 17.5 Å². The number of nitrogens with zero attached hydrogens (tertiary/aromatic N) is 4. The van der Waals surface area contributed by atoms with Crippen LogP contribution in [0.4, 0.5) is 5.69 Å². The van der Waals surface area contributed by atoms with Gasteiger partial charge in [0.2, 0.25) is 5.82 Å². The summed E-state index contributed by atoms with van der Waals surface area (Å²) in [5, 5.41) is 26.1. The van der Waals surface area contributed by atoms with Crippen LogP contribution in [0.1, 0.15) is 15.9 Å². The molecule has 1 aromatic heterocycles. The lowest BCUT2D eigenvalue weighted by Crippen LogP contribution is -2.13. The van der Waals surface area contributed by atoms with Gasteiger partial charge in [-0.05, 0) is 41.6 Å². The largest absolute Gasteiger partial charge is 0.322 e. The highest BCUT2D eigenvalue weighted by molar-refractivity contribution is 7.99. The summed E-state index contributed by atoms with van der Waals surface area (Å²) in [6, 6.07) is 24.0. The van der Waals surface area contributed by atoms with Gasteiger partial charge in [0.25, 0.3) is 5.91 Å². The van der Waals surface area contributed by atoms with E-state index in [1.165, 1.54) is 11.8 Å². The number of aromatic amines is 1. The molecule has 0 radical (unpaired) electrons. The molecular weight excluding hydrogens is 384 g/mol. The maximum absolute atomic E-state index is 12.9. The summed E-state index contributed by atoms with van der Waals surface area (Å²) in [4.78, 5) is 14.5. The fraction of sp³-hybridized carbons (Fsp3) is 0. The predicted octanol–water partition coefficient (Wildman–Crippen LogP) is 4.14. The van der Waals surface area contributed by atoms with E-state index >= 15 is 0 Å². The molecular formula is C21H14N6OS. The third kappa shape index (κ3) is 4.15. The number of hydrogen-bond donors (Lipinski definition) is 2. The Bertz CT molecular complexity index is 1200. The van der Waals surface area contributed by atoms with Gasteiger partial charge in [-0.3, -0.25) is 4.79 Å². The van der Waals surface area contributed by atoms with E-state index in [9.17, 15) is 10.1 Å². The predicted molar refractivity (Wildman–Crippen MR) is 109 cm³/mol. The lowest BCUT2D eigenvalue weighted by atomic mass is 10.1. The Labute approximate surface area is 170 Å². The summed E-state index contributed by atoms with van der Waals surface area (Å²) in [7, 11) is 0. The fourth-order valence-corrected chi connectivity index (χ4v) is 3.75. The van der Waals surface area contributed by atoms with E-state index in [0.29, 0.717) is 22.6 Å². The van der Waals surface area contributed by atoms with Crippen molar-refractivity contribution in [3.05, 3.63) is 83.9 Å². The monoisotopic (exact) mass is 398 g/mol. The third-order valence-electron chi connectivity index (χ3n) is 4.08.